The molecule has 0 aliphatic rings. The molecule has 0 fully saturated rings. The van der Waals surface area contributed by atoms with E-state index in [1.54, 1.807) is 0 Å². The number of fused-ring (bicyclic) bond motifs is 1. The summed E-state index contributed by atoms with van der Waals surface area (Å²) in [5, 5.41) is 11.1. The van der Waals surface area contributed by atoms with Gasteiger partial charge in [-0.15, -0.1) is 0 Å². The number of para-hydroxylation sites is 1. The molecule has 0 aliphatic carbocycles. The summed E-state index contributed by atoms with van der Waals surface area (Å²) in [4.78, 5) is 0. The van der Waals surface area contributed by atoms with Crippen LogP contribution in [0.4, 0.5) is 0 Å². The van der Waals surface area contributed by atoms with Gasteiger partial charge in [0.1, 0.15) is 11.3 Å². The molecular weight excluding hydrogens is 212 g/mol. The van der Waals surface area contributed by atoms with Crippen LogP contribution in [0.25, 0.3) is 11.0 Å². The average Bonchev–Trinajstić information content (AvgIpc) is 2.66. The fourth-order valence-electron chi connectivity index (χ4n) is 1.87. The number of aliphatic hydroxyl groups is 1. The quantitative estimate of drug-likeness (QED) is 0.873. The highest BCUT2D eigenvalue weighted by molar-refractivity contribution is 5.77. The van der Waals surface area contributed by atoms with Crippen LogP contribution in [0.5, 0.6) is 0 Å². The smallest absolute Gasteiger partial charge is 0.134 e. The standard InChI is InChI=1S/C15H20O2/c1-15(2,3)14(16)9-8-12-10-11-6-4-5-7-13(11)17-12/h4-7,10,14,16H,8-9H2,1-3H3. The van der Waals surface area contributed by atoms with Gasteiger partial charge in [0.15, 0.2) is 0 Å². The zero-order valence-electron chi connectivity index (χ0n) is 10.7. The first-order chi connectivity index (χ1) is 7.97. The first-order valence-electron chi connectivity index (χ1n) is 6.12. The van der Waals surface area contributed by atoms with Crippen molar-refractivity contribution >= 4 is 11.0 Å². The molecule has 0 saturated heterocycles. The molecule has 0 aliphatic heterocycles. The monoisotopic (exact) mass is 232 g/mol. The highest BCUT2D eigenvalue weighted by atomic mass is 16.3. The number of aryl methyl sites for hydroxylation is 1. The molecule has 0 amide bonds. The largest absolute Gasteiger partial charge is 0.461 e. The van der Waals surface area contributed by atoms with Crippen LogP contribution < -0.4 is 0 Å². The normalized spacial score (nSPS) is 14.1. The molecule has 1 heterocycles. The van der Waals surface area contributed by atoms with E-state index in [2.05, 4.69) is 26.8 Å². The third-order valence-corrected chi connectivity index (χ3v) is 3.14. The lowest BCUT2D eigenvalue weighted by Crippen LogP contribution is -2.26. The van der Waals surface area contributed by atoms with Gasteiger partial charge in [0.2, 0.25) is 0 Å². The summed E-state index contributed by atoms with van der Waals surface area (Å²) in [5.74, 6) is 0.953. The summed E-state index contributed by atoms with van der Waals surface area (Å²) >= 11 is 0. The Morgan fingerprint density at radius 2 is 1.94 bits per heavy atom. The van der Waals surface area contributed by atoms with Gasteiger partial charge in [-0.1, -0.05) is 39.0 Å². The van der Waals surface area contributed by atoms with Crippen LogP contribution in [0.15, 0.2) is 34.7 Å². The summed E-state index contributed by atoms with van der Waals surface area (Å²) in [6.45, 7) is 6.16. The minimum absolute atomic E-state index is 0.0635. The molecule has 17 heavy (non-hydrogen) atoms. The molecular formula is C15H20O2. The van der Waals surface area contributed by atoms with Gasteiger partial charge in [-0.25, -0.2) is 0 Å². The Kier molecular flexibility index (Phi) is 3.25. The van der Waals surface area contributed by atoms with Crippen LogP contribution in [0, 0.1) is 5.41 Å². The molecule has 0 spiro atoms. The van der Waals surface area contributed by atoms with Crippen molar-refractivity contribution in [2.75, 3.05) is 0 Å². The van der Waals surface area contributed by atoms with Gasteiger partial charge in [0, 0.05) is 11.8 Å². The van der Waals surface area contributed by atoms with Gasteiger partial charge in [0.05, 0.1) is 6.10 Å². The average molecular weight is 232 g/mol. The van der Waals surface area contributed by atoms with Crippen LogP contribution in [0.2, 0.25) is 0 Å². The number of rotatable bonds is 3. The number of furan rings is 1. The second-order valence-corrected chi connectivity index (χ2v) is 5.67. The zero-order valence-corrected chi connectivity index (χ0v) is 10.7. The van der Waals surface area contributed by atoms with E-state index in [-0.39, 0.29) is 11.5 Å². The van der Waals surface area contributed by atoms with Gasteiger partial charge in [-0.3, -0.25) is 0 Å². The molecule has 1 atom stereocenters. The topological polar surface area (TPSA) is 33.4 Å². The first-order valence-corrected chi connectivity index (χ1v) is 6.12. The fourth-order valence-corrected chi connectivity index (χ4v) is 1.87. The predicted octanol–water partition coefficient (Wildman–Crippen LogP) is 3.77. The number of hydrogen-bond acceptors (Lipinski definition) is 2. The Morgan fingerprint density at radius 3 is 2.59 bits per heavy atom. The van der Waals surface area contributed by atoms with Gasteiger partial charge < -0.3 is 9.52 Å². The van der Waals surface area contributed by atoms with Crippen molar-refractivity contribution in [2.45, 2.75) is 39.7 Å². The lowest BCUT2D eigenvalue weighted by atomic mass is 9.86. The number of hydrogen-bond donors (Lipinski definition) is 1. The van der Waals surface area contributed by atoms with E-state index >= 15 is 0 Å². The van der Waals surface area contributed by atoms with Gasteiger partial charge in [0.25, 0.3) is 0 Å². The van der Waals surface area contributed by atoms with Crippen LogP contribution in [-0.4, -0.2) is 11.2 Å². The second kappa shape index (κ2) is 4.53. The summed E-state index contributed by atoms with van der Waals surface area (Å²) in [6.07, 6.45) is 1.23. The maximum atomic E-state index is 9.98. The molecule has 1 aromatic carbocycles. The van der Waals surface area contributed by atoms with Crippen molar-refractivity contribution in [3.8, 4) is 0 Å². The van der Waals surface area contributed by atoms with E-state index < -0.39 is 0 Å². The van der Waals surface area contributed by atoms with E-state index in [0.29, 0.717) is 0 Å². The fraction of sp³-hybridized carbons (Fsp3) is 0.467. The summed E-state index contributed by atoms with van der Waals surface area (Å²) in [7, 11) is 0. The molecule has 2 nitrogen and oxygen atoms in total. The van der Waals surface area contributed by atoms with E-state index in [1.807, 2.05) is 24.3 Å². The Morgan fingerprint density at radius 1 is 1.24 bits per heavy atom. The lowest BCUT2D eigenvalue weighted by molar-refractivity contribution is 0.0549. The van der Waals surface area contributed by atoms with Crippen LogP contribution in [0.3, 0.4) is 0 Å². The molecule has 1 aromatic heterocycles. The van der Waals surface area contributed by atoms with Crippen molar-refractivity contribution in [1.29, 1.82) is 0 Å². The summed E-state index contributed by atoms with van der Waals surface area (Å²) in [6, 6.07) is 10.1. The molecule has 1 unspecified atom stereocenters. The van der Waals surface area contributed by atoms with Crippen LogP contribution in [0.1, 0.15) is 33.0 Å². The second-order valence-electron chi connectivity index (χ2n) is 5.67. The van der Waals surface area contributed by atoms with Gasteiger partial charge >= 0.3 is 0 Å². The first kappa shape index (κ1) is 12.2. The third-order valence-electron chi connectivity index (χ3n) is 3.14. The molecule has 2 rings (SSSR count). The van der Waals surface area contributed by atoms with E-state index in [9.17, 15) is 5.11 Å². The SMILES string of the molecule is CC(C)(C)C(O)CCc1cc2ccccc2o1. The van der Waals surface area contributed by atoms with Crippen molar-refractivity contribution in [1.82, 2.24) is 0 Å². The zero-order chi connectivity index (χ0) is 12.5. The van der Waals surface area contributed by atoms with Crippen molar-refractivity contribution < 1.29 is 9.52 Å². The number of aliphatic hydroxyl groups excluding tert-OH is 1. The highest BCUT2D eigenvalue weighted by Crippen LogP contribution is 2.25. The van der Waals surface area contributed by atoms with E-state index in [1.165, 1.54) is 0 Å². The van der Waals surface area contributed by atoms with Gasteiger partial charge in [-0.05, 0) is 24.0 Å². The maximum absolute atomic E-state index is 9.98. The molecule has 2 aromatic rings. The summed E-state index contributed by atoms with van der Waals surface area (Å²) in [5.41, 5.74) is 0.860. The highest BCUT2D eigenvalue weighted by Gasteiger charge is 2.22. The Hall–Kier alpha value is -1.28. The Labute approximate surface area is 102 Å². The minimum Gasteiger partial charge on any atom is -0.461 e. The van der Waals surface area contributed by atoms with Crippen LogP contribution >= 0.6 is 0 Å². The van der Waals surface area contributed by atoms with E-state index in [0.717, 1.165) is 29.6 Å². The maximum Gasteiger partial charge on any atom is 0.134 e. The molecule has 2 heteroatoms. The van der Waals surface area contributed by atoms with Crippen molar-refractivity contribution in [3.05, 3.63) is 36.1 Å². The predicted molar refractivity (Wildman–Crippen MR) is 70.0 cm³/mol. The molecule has 92 valence electrons. The lowest BCUT2D eigenvalue weighted by Gasteiger charge is -2.25. The minimum atomic E-state index is -0.296. The molecule has 1 N–H and O–H groups in total. The van der Waals surface area contributed by atoms with Crippen molar-refractivity contribution in [2.24, 2.45) is 5.41 Å². The van der Waals surface area contributed by atoms with Crippen molar-refractivity contribution in [3.63, 3.8) is 0 Å². The van der Waals surface area contributed by atoms with Crippen LogP contribution in [-0.2, 0) is 6.42 Å². The van der Waals surface area contributed by atoms with Gasteiger partial charge in [-0.2, -0.15) is 0 Å². The molecule has 0 radical (unpaired) electrons. The Bertz CT molecular complexity index is 458. The molecule has 0 saturated carbocycles. The van der Waals surface area contributed by atoms with E-state index in [4.69, 9.17) is 4.42 Å². The Balaban J connectivity index is 2.04. The molecule has 0 bridgehead atoms. The third kappa shape index (κ3) is 2.89. The number of benzene rings is 1. The summed E-state index contributed by atoms with van der Waals surface area (Å²) < 4.78 is 5.72.